The number of anilines is 1. The van der Waals surface area contributed by atoms with Gasteiger partial charge in [-0.15, -0.1) is 0 Å². The first-order chi connectivity index (χ1) is 10.1. The summed E-state index contributed by atoms with van der Waals surface area (Å²) in [5, 5.41) is 12.4. The maximum atomic E-state index is 11.1. The highest BCUT2D eigenvalue weighted by molar-refractivity contribution is 5.88. The van der Waals surface area contributed by atoms with Gasteiger partial charge in [0.25, 0.3) is 0 Å². The third-order valence-electron chi connectivity index (χ3n) is 3.29. The van der Waals surface area contributed by atoms with Crippen molar-refractivity contribution >= 4 is 11.8 Å². The largest absolute Gasteiger partial charge is 0.478 e. The number of rotatable bonds is 7. The van der Waals surface area contributed by atoms with Crippen LogP contribution >= 0.6 is 0 Å². The number of aromatic nitrogens is 1. The van der Waals surface area contributed by atoms with Crippen molar-refractivity contribution in [3.05, 3.63) is 47.5 Å². The minimum absolute atomic E-state index is 0.177. The van der Waals surface area contributed by atoms with Crippen LogP contribution in [0.2, 0.25) is 0 Å². The van der Waals surface area contributed by atoms with E-state index in [2.05, 4.69) is 10.3 Å². The second-order valence-corrected chi connectivity index (χ2v) is 5.05. The van der Waals surface area contributed by atoms with Gasteiger partial charge in [-0.3, -0.25) is 0 Å². The van der Waals surface area contributed by atoms with Crippen LogP contribution in [0.3, 0.4) is 0 Å². The van der Waals surface area contributed by atoms with Gasteiger partial charge in [0.2, 0.25) is 0 Å². The monoisotopic (exact) mass is 288 g/mol. The summed E-state index contributed by atoms with van der Waals surface area (Å²) in [5.41, 5.74) is 1.04. The van der Waals surface area contributed by atoms with Crippen molar-refractivity contribution in [3.8, 4) is 0 Å². The topological polar surface area (TPSA) is 75.4 Å². The molecule has 5 heteroatoms. The van der Waals surface area contributed by atoms with Crippen LogP contribution in [0.5, 0.6) is 0 Å². The zero-order chi connectivity index (χ0) is 15.2. The predicted molar refractivity (Wildman–Crippen MR) is 80.7 cm³/mol. The number of aromatic carboxylic acids is 1. The third kappa shape index (κ3) is 4.34. The standard InChI is InChI=1S/C16H20N2O3/c1-3-13-9-12(16(19)20)10-15(18-13)17-11(2)6-7-14-5-4-8-21-14/h4-5,8-11H,3,6-7H2,1-2H3,(H,17,18)(H,19,20). The molecule has 0 aliphatic heterocycles. The lowest BCUT2D eigenvalue weighted by molar-refractivity contribution is 0.0696. The molecule has 0 amide bonds. The normalized spacial score (nSPS) is 12.1. The average molecular weight is 288 g/mol. The van der Waals surface area contributed by atoms with Crippen molar-refractivity contribution < 1.29 is 14.3 Å². The number of carbonyl (C=O) groups is 1. The number of nitrogens with one attached hydrogen (secondary N) is 1. The van der Waals surface area contributed by atoms with Gasteiger partial charge in [-0.1, -0.05) is 6.92 Å². The van der Waals surface area contributed by atoms with Crippen LogP contribution < -0.4 is 5.32 Å². The molecule has 0 aromatic carbocycles. The van der Waals surface area contributed by atoms with Crippen LogP contribution in [-0.2, 0) is 12.8 Å². The second-order valence-electron chi connectivity index (χ2n) is 5.05. The first-order valence-electron chi connectivity index (χ1n) is 7.11. The van der Waals surface area contributed by atoms with E-state index >= 15 is 0 Å². The zero-order valence-corrected chi connectivity index (χ0v) is 12.3. The van der Waals surface area contributed by atoms with Gasteiger partial charge in [-0.25, -0.2) is 9.78 Å². The summed E-state index contributed by atoms with van der Waals surface area (Å²) < 4.78 is 5.30. The van der Waals surface area contributed by atoms with Gasteiger partial charge in [0, 0.05) is 18.2 Å². The molecule has 0 fully saturated rings. The predicted octanol–water partition coefficient (Wildman–Crippen LogP) is 3.37. The molecule has 0 saturated heterocycles. The van der Waals surface area contributed by atoms with E-state index in [-0.39, 0.29) is 11.6 Å². The van der Waals surface area contributed by atoms with Gasteiger partial charge in [-0.2, -0.15) is 0 Å². The molecule has 0 aliphatic rings. The fourth-order valence-electron chi connectivity index (χ4n) is 2.10. The molecule has 2 rings (SSSR count). The number of aryl methyl sites for hydroxylation is 2. The number of carboxylic acids is 1. The number of furan rings is 1. The first-order valence-corrected chi connectivity index (χ1v) is 7.11. The lowest BCUT2D eigenvalue weighted by atomic mass is 10.1. The minimum Gasteiger partial charge on any atom is -0.478 e. The molecule has 2 aromatic heterocycles. The molecule has 112 valence electrons. The van der Waals surface area contributed by atoms with Gasteiger partial charge in [0.05, 0.1) is 11.8 Å². The molecule has 2 heterocycles. The number of pyridine rings is 1. The Bertz CT molecular complexity index is 594. The highest BCUT2D eigenvalue weighted by atomic mass is 16.4. The summed E-state index contributed by atoms with van der Waals surface area (Å²) in [5.74, 6) is 0.627. The number of hydrogen-bond donors (Lipinski definition) is 2. The number of carboxylic acid groups (broad SMARTS) is 1. The summed E-state index contributed by atoms with van der Waals surface area (Å²) in [6, 6.07) is 7.19. The molecule has 0 bridgehead atoms. The van der Waals surface area contributed by atoms with E-state index in [9.17, 15) is 4.79 Å². The van der Waals surface area contributed by atoms with Crippen LogP contribution in [-0.4, -0.2) is 22.1 Å². The van der Waals surface area contributed by atoms with Crippen molar-refractivity contribution in [2.45, 2.75) is 39.2 Å². The van der Waals surface area contributed by atoms with Crippen molar-refractivity contribution in [1.82, 2.24) is 4.98 Å². The Morgan fingerprint density at radius 1 is 1.48 bits per heavy atom. The molecule has 0 radical (unpaired) electrons. The Hall–Kier alpha value is -2.30. The SMILES string of the molecule is CCc1cc(C(=O)O)cc(NC(C)CCc2ccco2)n1. The Labute approximate surface area is 124 Å². The van der Waals surface area contributed by atoms with Crippen LogP contribution in [0.25, 0.3) is 0 Å². The van der Waals surface area contributed by atoms with Gasteiger partial charge in [-0.05, 0) is 44.0 Å². The maximum Gasteiger partial charge on any atom is 0.335 e. The minimum atomic E-state index is -0.932. The van der Waals surface area contributed by atoms with E-state index in [4.69, 9.17) is 9.52 Å². The summed E-state index contributed by atoms with van der Waals surface area (Å²) in [4.78, 5) is 15.5. The van der Waals surface area contributed by atoms with E-state index in [0.29, 0.717) is 12.2 Å². The molecule has 2 N–H and O–H groups in total. The van der Waals surface area contributed by atoms with Gasteiger partial charge < -0.3 is 14.8 Å². The molecular formula is C16H20N2O3. The van der Waals surface area contributed by atoms with Crippen molar-refractivity contribution in [3.63, 3.8) is 0 Å². The molecule has 0 spiro atoms. The second kappa shape index (κ2) is 6.92. The Balaban J connectivity index is 2.00. The molecular weight excluding hydrogens is 268 g/mol. The van der Waals surface area contributed by atoms with Crippen LogP contribution in [0, 0.1) is 0 Å². The third-order valence-corrected chi connectivity index (χ3v) is 3.29. The summed E-state index contributed by atoms with van der Waals surface area (Å²) >= 11 is 0. The lowest BCUT2D eigenvalue weighted by Gasteiger charge is -2.15. The average Bonchev–Trinajstić information content (AvgIpc) is 2.98. The molecule has 1 atom stereocenters. The maximum absolute atomic E-state index is 11.1. The fraction of sp³-hybridized carbons (Fsp3) is 0.375. The highest BCUT2D eigenvalue weighted by Crippen LogP contribution is 2.14. The molecule has 5 nitrogen and oxygen atoms in total. The van der Waals surface area contributed by atoms with E-state index in [0.717, 1.165) is 24.3 Å². The number of nitrogens with zero attached hydrogens (tertiary/aromatic N) is 1. The van der Waals surface area contributed by atoms with E-state index in [1.165, 1.54) is 0 Å². The quantitative estimate of drug-likeness (QED) is 0.817. The fourth-order valence-corrected chi connectivity index (χ4v) is 2.10. The van der Waals surface area contributed by atoms with Gasteiger partial charge in [0.1, 0.15) is 11.6 Å². The summed E-state index contributed by atoms with van der Waals surface area (Å²) in [6.45, 7) is 4.00. The Morgan fingerprint density at radius 3 is 2.90 bits per heavy atom. The molecule has 0 saturated carbocycles. The summed E-state index contributed by atoms with van der Waals surface area (Å²) in [7, 11) is 0. The van der Waals surface area contributed by atoms with E-state index in [1.807, 2.05) is 26.0 Å². The summed E-state index contributed by atoms with van der Waals surface area (Å²) in [6.07, 6.45) is 4.09. The van der Waals surface area contributed by atoms with Crippen molar-refractivity contribution in [2.75, 3.05) is 5.32 Å². The number of hydrogen-bond acceptors (Lipinski definition) is 4. The van der Waals surface area contributed by atoms with Crippen LogP contribution in [0.15, 0.2) is 34.9 Å². The van der Waals surface area contributed by atoms with E-state index < -0.39 is 5.97 Å². The lowest BCUT2D eigenvalue weighted by Crippen LogP contribution is -2.17. The molecule has 21 heavy (non-hydrogen) atoms. The molecule has 2 aromatic rings. The molecule has 0 aliphatic carbocycles. The highest BCUT2D eigenvalue weighted by Gasteiger charge is 2.10. The molecule has 1 unspecified atom stereocenters. The van der Waals surface area contributed by atoms with Crippen molar-refractivity contribution in [1.29, 1.82) is 0 Å². The zero-order valence-electron chi connectivity index (χ0n) is 12.3. The first kappa shape index (κ1) is 15.1. The smallest absolute Gasteiger partial charge is 0.335 e. The Morgan fingerprint density at radius 2 is 2.29 bits per heavy atom. The van der Waals surface area contributed by atoms with Gasteiger partial charge in [0.15, 0.2) is 0 Å². The van der Waals surface area contributed by atoms with Crippen molar-refractivity contribution in [2.24, 2.45) is 0 Å². The van der Waals surface area contributed by atoms with Crippen LogP contribution in [0.4, 0.5) is 5.82 Å². The van der Waals surface area contributed by atoms with E-state index in [1.54, 1.807) is 18.4 Å². The van der Waals surface area contributed by atoms with Gasteiger partial charge >= 0.3 is 5.97 Å². The Kier molecular flexibility index (Phi) is 4.98. The van der Waals surface area contributed by atoms with Crippen LogP contribution in [0.1, 0.15) is 42.1 Å².